The number of carboxylic acids is 1. The highest BCUT2D eigenvalue weighted by atomic mass is 35.5. The maximum absolute atomic E-state index is 14.2. The van der Waals surface area contributed by atoms with Gasteiger partial charge in [0, 0.05) is 30.3 Å². The van der Waals surface area contributed by atoms with Crippen molar-refractivity contribution in [2.24, 2.45) is 0 Å². The third kappa shape index (κ3) is 5.23. The first-order chi connectivity index (χ1) is 19.4. The number of hydrogen-bond donors (Lipinski definition) is 1. The van der Waals surface area contributed by atoms with Gasteiger partial charge in [-0.05, 0) is 54.8 Å². The highest BCUT2D eigenvalue weighted by Gasteiger charge is 2.26. The Kier molecular flexibility index (Phi) is 7.11. The molecule has 1 saturated heterocycles. The number of hydrogen-bond acceptors (Lipinski definition) is 6. The molecule has 2 aliphatic heterocycles. The Morgan fingerprint density at radius 1 is 1.25 bits per heavy atom. The number of rotatable bonds is 8. The number of ether oxygens (including phenoxy) is 2. The van der Waals surface area contributed by atoms with Gasteiger partial charge in [-0.1, -0.05) is 17.7 Å². The van der Waals surface area contributed by atoms with Gasteiger partial charge >= 0.3 is 5.97 Å². The fourth-order valence-electron chi connectivity index (χ4n) is 5.05. The normalized spacial score (nSPS) is 16.8. The van der Waals surface area contributed by atoms with Crippen LogP contribution < -0.4 is 4.74 Å². The summed E-state index contributed by atoms with van der Waals surface area (Å²) in [6.07, 6.45) is 1.72. The van der Waals surface area contributed by atoms with E-state index in [1.165, 1.54) is 6.07 Å². The van der Waals surface area contributed by atoms with Gasteiger partial charge in [-0.25, -0.2) is 24.0 Å². The second-order valence-corrected chi connectivity index (χ2v) is 10.4. The Bertz CT molecular complexity index is 1660. The third-order valence-electron chi connectivity index (χ3n) is 7.33. The molecule has 0 bridgehead atoms. The number of imidazole rings is 1. The number of pyridine rings is 1. The monoisotopic (exact) mass is 561 g/mol. The van der Waals surface area contributed by atoms with Crippen LogP contribution in [0.3, 0.4) is 0 Å². The number of aromatic nitrogens is 3. The summed E-state index contributed by atoms with van der Waals surface area (Å²) in [5.74, 6) is -0.471. The number of carbonyl (C=O) groups is 1. The molecule has 2 aliphatic rings. The molecule has 2 aromatic carbocycles. The molecule has 0 amide bonds. The van der Waals surface area contributed by atoms with Crippen molar-refractivity contribution in [1.82, 2.24) is 19.4 Å². The zero-order chi connectivity index (χ0) is 27.8. The van der Waals surface area contributed by atoms with Gasteiger partial charge in [-0.3, -0.25) is 4.90 Å². The summed E-state index contributed by atoms with van der Waals surface area (Å²) in [7, 11) is 0. The number of benzene rings is 2. The molecule has 0 spiro atoms. The first-order valence-corrected chi connectivity index (χ1v) is 13.3. The van der Waals surface area contributed by atoms with Gasteiger partial charge in [0.15, 0.2) is 0 Å². The van der Waals surface area contributed by atoms with E-state index in [1.807, 2.05) is 0 Å². The Balaban J connectivity index is 1.24. The van der Waals surface area contributed by atoms with Crippen LogP contribution in [0.5, 0.6) is 5.88 Å². The average Bonchev–Trinajstić information content (AvgIpc) is 3.25. The third-order valence-corrected chi connectivity index (χ3v) is 7.56. The second kappa shape index (κ2) is 10.8. The van der Waals surface area contributed by atoms with Crippen molar-refractivity contribution >= 4 is 34.3 Å². The molecule has 204 valence electrons. The van der Waals surface area contributed by atoms with Crippen LogP contribution >= 0.6 is 11.6 Å². The Morgan fingerprint density at radius 3 is 2.83 bits per heavy atom. The summed E-state index contributed by atoms with van der Waals surface area (Å²) >= 11 is 5.85. The summed E-state index contributed by atoms with van der Waals surface area (Å²) in [6.45, 7) is 10.6. The van der Waals surface area contributed by atoms with Crippen LogP contribution in [0, 0.1) is 12.4 Å². The van der Waals surface area contributed by atoms with Gasteiger partial charge in [0.2, 0.25) is 11.6 Å². The average molecular weight is 562 g/mol. The van der Waals surface area contributed by atoms with E-state index in [9.17, 15) is 14.3 Å². The van der Waals surface area contributed by atoms with E-state index >= 15 is 0 Å². The van der Waals surface area contributed by atoms with Crippen LogP contribution in [0.2, 0.25) is 5.02 Å². The van der Waals surface area contributed by atoms with Crippen LogP contribution in [0.25, 0.3) is 15.9 Å². The van der Waals surface area contributed by atoms with Crippen molar-refractivity contribution in [1.29, 1.82) is 0 Å². The molecule has 0 saturated carbocycles. The predicted molar refractivity (Wildman–Crippen MR) is 145 cm³/mol. The van der Waals surface area contributed by atoms with E-state index in [4.69, 9.17) is 32.6 Å². The van der Waals surface area contributed by atoms with E-state index in [0.717, 1.165) is 47.7 Å². The SMILES string of the molecule is [C-]#[N+]c1cc2c(nc1OCc1ccc(Cl)cc1F)CN(Cc1nc3ccc(C(=O)O)cc3n1C[C@@H]1CCO1)CC2. The summed E-state index contributed by atoms with van der Waals surface area (Å²) < 4.78 is 27.8. The molecular formula is C29H25ClFN5O4. The number of fused-ring (bicyclic) bond motifs is 2. The van der Waals surface area contributed by atoms with Crippen molar-refractivity contribution < 1.29 is 23.8 Å². The van der Waals surface area contributed by atoms with Crippen molar-refractivity contribution in [3.63, 3.8) is 0 Å². The lowest BCUT2D eigenvalue weighted by Gasteiger charge is -2.30. The lowest BCUT2D eigenvalue weighted by molar-refractivity contribution is -0.0592. The number of halogens is 2. The van der Waals surface area contributed by atoms with E-state index in [2.05, 4.69) is 19.3 Å². The molecule has 4 heterocycles. The van der Waals surface area contributed by atoms with Crippen molar-refractivity contribution in [2.75, 3.05) is 13.2 Å². The fraction of sp³-hybridized carbons (Fsp3) is 0.310. The maximum Gasteiger partial charge on any atom is 0.335 e. The topological polar surface area (TPSA) is 94.1 Å². The minimum Gasteiger partial charge on any atom is -0.481 e. The van der Waals surface area contributed by atoms with Gasteiger partial charge < -0.3 is 19.1 Å². The molecule has 1 N–H and O–H groups in total. The van der Waals surface area contributed by atoms with Crippen LogP contribution in [0.15, 0.2) is 42.5 Å². The molecule has 2 aromatic heterocycles. The number of carboxylic acid groups (broad SMARTS) is 1. The second-order valence-electron chi connectivity index (χ2n) is 9.94. The Labute approximate surface area is 234 Å². The predicted octanol–water partition coefficient (Wildman–Crippen LogP) is 5.40. The number of nitrogens with zero attached hydrogens (tertiary/aromatic N) is 5. The molecular weight excluding hydrogens is 537 g/mol. The maximum atomic E-state index is 14.2. The van der Waals surface area contributed by atoms with E-state index < -0.39 is 11.8 Å². The number of aromatic carboxylic acids is 1. The minimum absolute atomic E-state index is 0.0746. The van der Waals surface area contributed by atoms with Gasteiger partial charge in [0.1, 0.15) is 18.2 Å². The first-order valence-electron chi connectivity index (χ1n) is 12.9. The molecule has 0 radical (unpaired) electrons. The van der Waals surface area contributed by atoms with Crippen LogP contribution in [0.4, 0.5) is 10.1 Å². The smallest absolute Gasteiger partial charge is 0.335 e. The summed E-state index contributed by atoms with van der Waals surface area (Å²) in [5.41, 5.74) is 4.11. The summed E-state index contributed by atoms with van der Waals surface area (Å²) in [5, 5.41) is 9.80. The molecule has 0 aliphatic carbocycles. The lowest BCUT2D eigenvalue weighted by Crippen LogP contribution is -2.34. The molecule has 9 nitrogen and oxygen atoms in total. The molecule has 40 heavy (non-hydrogen) atoms. The highest BCUT2D eigenvalue weighted by Crippen LogP contribution is 2.32. The van der Waals surface area contributed by atoms with Crippen LogP contribution in [-0.2, 0) is 37.4 Å². The quantitative estimate of drug-likeness (QED) is 0.288. The zero-order valence-corrected chi connectivity index (χ0v) is 22.2. The van der Waals surface area contributed by atoms with E-state index in [1.54, 1.807) is 36.4 Å². The van der Waals surface area contributed by atoms with Gasteiger partial charge in [-0.2, -0.15) is 0 Å². The molecule has 11 heteroatoms. The Hall–Kier alpha value is -4.04. The van der Waals surface area contributed by atoms with E-state index in [-0.39, 0.29) is 29.8 Å². The Morgan fingerprint density at radius 2 is 2.10 bits per heavy atom. The van der Waals surface area contributed by atoms with Gasteiger partial charge in [0.05, 0.1) is 48.1 Å². The van der Waals surface area contributed by atoms with E-state index in [0.29, 0.717) is 36.6 Å². The molecule has 4 aromatic rings. The molecule has 0 unspecified atom stereocenters. The fourth-order valence-corrected chi connectivity index (χ4v) is 5.21. The molecule has 1 atom stereocenters. The van der Waals surface area contributed by atoms with Crippen LogP contribution in [-0.4, -0.2) is 49.8 Å². The van der Waals surface area contributed by atoms with Gasteiger partial charge in [-0.15, -0.1) is 0 Å². The van der Waals surface area contributed by atoms with Crippen molar-refractivity contribution in [3.8, 4) is 5.88 Å². The summed E-state index contributed by atoms with van der Waals surface area (Å²) in [4.78, 5) is 26.9. The largest absolute Gasteiger partial charge is 0.481 e. The first kappa shape index (κ1) is 26.2. The van der Waals surface area contributed by atoms with Gasteiger partial charge in [0.25, 0.3) is 0 Å². The highest BCUT2D eigenvalue weighted by molar-refractivity contribution is 6.30. The summed E-state index contributed by atoms with van der Waals surface area (Å²) in [6, 6.07) is 11.1. The standard InChI is InChI=1S/C29H25ClFN5O4/c1-32-24-10-17-6-8-35(14-25(17)34-28(24)40-16-19-2-4-20(30)12-22(19)31)15-27-33-23-5-3-18(29(37)38)11-26(23)36(27)13-21-7-9-39-21/h2-5,10-12,21H,6-9,13-16H2,(H,37,38)/t21-/m0/s1. The minimum atomic E-state index is -0.981. The van der Waals surface area contributed by atoms with Crippen molar-refractivity contribution in [2.45, 2.75) is 45.2 Å². The lowest BCUT2D eigenvalue weighted by atomic mass is 10.0. The van der Waals surface area contributed by atoms with Crippen molar-refractivity contribution in [3.05, 3.63) is 92.9 Å². The molecule has 6 rings (SSSR count). The molecule has 1 fully saturated rings. The van der Waals surface area contributed by atoms with Crippen LogP contribution in [0.1, 0.15) is 39.4 Å². The zero-order valence-electron chi connectivity index (χ0n) is 21.4.